The molecule has 0 saturated carbocycles. The van der Waals surface area contributed by atoms with Crippen molar-refractivity contribution in [1.29, 1.82) is 0 Å². The van der Waals surface area contributed by atoms with Crippen molar-refractivity contribution in [3.05, 3.63) is 181 Å². The number of benzene rings is 9. The topological polar surface area (TPSA) is 13.1 Å². The summed E-state index contributed by atoms with van der Waals surface area (Å²) in [6, 6.07) is 27.5. The van der Waals surface area contributed by atoms with Crippen LogP contribution in [0.3, 0.4) is 0 Å². The smallest absolute Gasteiger partial charge is 0.134 e. The zero-order valence-corrected chi connectivity index (χ0v) is 29.2. The first-order chi connectivity index (χ1) is 30.9. The van der Waals surface area contributed by atoms with Crippen LogP contribution in [-0.2, 0) is 5.41 Å². The fraction of sp³-hybridized carbons (Fsp3) is 0.0769. The molecular formula is C52H38O. The van der Waals surface area contributed by atoms with Crippen molar-refractivity contribution < 1.29 is 20.9 Å². The van der Waals surface area contributed by atoms with Crippen LogP contribution in [0.1, 0.15) is 43.0 Å². The molecule has 0 unspecified atom stereocenters. The second-order valence-electron chi connectivity index (χ2n) is 14.3. The average molecular weight is 691 g/mol. The van der Waals surface area contributed by atoms with E-state index in [1.807, 2.05) is 81.4 Å². The van der Waals surface area contributed by atoms with Gasteiger partial charge in [-0.05, 0) is 112 Å². The normalized spacial score (nSPS) is 15.2. The van der Waals surface area contributed by atoms with E-state index in [1.54, 1.807) is 42.5 Å². The standard InChI is InChI=1S/C52H38O/c1-52(2,3)49-32-37-31-35(27-29-48(37)53-49)40-19-7-6-18-39(40)34-15-12-16-36(30-34)50-44-20-8-10-22-46(44)51(47-23-11-9-21-45(47)50)43-25-13-24-41-38-17-5-4-14-33(38)26-28-42(41)43/h4-32H,1-3H3/i8D,9D,10D,11D,20D,21D,22D,23D,27D,29D,31D,32D. The van der Waals surface area contributed by atoms with Gasteiger partial charge in [0, 0.05) is 10.8 Å². The highest BCUT2D eigenvalue weighted by Gasteiger charge is 2.21. The monoisotopic (exact) mass is 690 g/mol. The average Bonchev–Trinajstić information content (AvgIpc) is 3.67. The third-order valence-corrected chi connectivity index (χ3v) is 9.99. The van der Waals surface area contributed by atoms with Crippen molar-refractivity contribution in [3.63, 3.8) is 0 Å². The quantitative estimate of drug-likeness (QED) is 0.132. The Balaban J connectivity index is 1.32. The zero-order chi connectivity index (χ0) is 46.1. The fourth-order valence-electron chi connectivity index (χ4n) is 7.51. The first kappa shape index (κ1) is 21.2. The molecule has 10 rings (SSSR count). The van der Waals surface area contributed by atoms with Crippen LogP contribution in [0.5, 0.6) is 0 Å². The maximum Gasteiger partial charge on any atom is 0.134 e. The minimum absolute atomic E-state index is 0.00586. The molecule has 0 atom stereocenters. The summed E-state index contributed by atoms with van der Waals surface area (Å²) in [6.45, 7) is 5.63. The number of rotatable bonds is 4. The Morgan fingerprint density at radius 2 is 1.04 bits per heavy atom. The molecule has 0 N–H and O–H groups in total. The minimum Gasteiger partial charge on any atom is -0.461 e. The Labute approximate surface area is 326 Å². The highest BCUT2D eigenvalue weighted by Crippen LogP contribution is 2.47. The first-order valence-corrected chi connectivity index (χ1v) is 17.5. The van der Waals surface area contributed by atoms with E-state index in [2.05, 4.69) is 0 Å². The molecule has 0 radical (unpaired) electrons. The molecule has 0 aliphatic carbocycles. The van der Waals surface area contributed by atoms with Gasteiger partial charge in [-0.15, -0.1) is 0 Å². The third kappa shape index (κ3) is 5.15. The minimum atomic E-state index is -0.600. The molecular weight excluding hydrogens is 641 g/mol. The van der Waals surface area contributed by atoms with Crippen molar-refractivity contribution in [2.75, 3.05) is 0 Å². The van der Waals surface area contributed by atoms with Crippen LogP contribution >= 0.6 is 0 Å². The van der Waals surface area contributed by atoms with E-state index in [0.717, 1.165) is 21.5 Å². The second kappa shape index (κ2) is 12.1. The maximum atomic E-state index is 9.53. The Morgan fingerprint density at radius 3 is 1.77 bits per heavy atom. The highest BCUT2D eigenvalue weighted by atomic mass is 16.3. The van der Waals surface area contributed by atoms with Gasteiger partial charge >= 0.3 is 0 Å². The van der Waals surface area contributed by atoms with Crippen molar-refractivity contribution in [1.82, 2.24) is 0 Å². The van der Waals surface area contributed by atoms with Crippen LogP contribution in [-0.4, -0.2) is 0 Å². The van der Waals surface area contributed by atoms with Crippen molar-refractivity contribution in [3.8, 4) is 44.5 Å². The lowest BCUT2D eigenvalue weighted by Gasteiger charge is -2.19. The Kier molecular flexibility index (Phi) is 4.82. The van der Waals surface area contributed by atoms with Gasteiger partial charge < -0.3 is 4.42 Å². The molecule has 0 aliphatic rings. The van der Waals surface area contributed by atoms with Crippen LogP contribution < -0.4 is 0 Å². The summed E-state index contributed by atoms with van der Waals surface area (Å²) < 4.78 is 116. The summed E-state index contributed by atoms with van der Waals surface area (Å²) in [5.41, 5.74) is 2.47. The van der Waals surface area contributed by atoms with E-state index in [9.17, 15) is 8.22 Å². The molecule has 0 bridgehead atoms. The van der Waals surface area contributed by atoms with Gasteiger partial charge in [-0.2, -0.15) is 0 Å². The predicted octanol–water partition coefficient (Wildman–Crippen LogP) is 15.0. The molecule has 0 spiro atoms. The molecule has 1 heterocycles. The van der Waals surface area contributed by atoms with Gasteiger partial charge in [0.05, 0.1) is 16.4 Å². The molecule has 1 heteroatoms. The summed E-state index contributed by atoms with van der Waals surface area (Å²) in [5.74, 6) is 0.308. The van der Waals surface area contributed by atoms with E-state index in [1.165, 1.54) is 0 Å². The third-order valence-electron chi connectivity index (χ3n) is 9.99. The highest BCUT2D eigenvalue weighted by molar-refractivity contribution is 6.25. The number of hydrogen-bond donors (Lipinski definition) is 0. The molecule has 0 amide bonds. The summed E-state index contributed by atoms with van der Waals surface area (Å²) in [7, 11) is 0. The molecule has 0 aliphatic heterocycles. The summed E-state index contributed by atoms with van der Waals surface area (Å²) in [4.78, 5) is 0. The van der Waals surface area contributed by atoms with Gasteiger partial charge in [-0.3, -0.25) is 0 Å². The molecule has 1 nitrogen and oxygen atoms in total. The van der Waals surface area contributed by atoms with E-state index in [0.29, 0.717) is 33.6 Å². The van der Waals surface area contributed by atoms with Gasteiger partial charge in [0.2, 0.25) is 0 Å². The number of furan rings is 1. The van der Waals surface area contributed by atoms with Crippen molar-refractivity contribution >= 4 is 54.1 Å². The van der Waals surface area contributed by atoms with Gasteiger partial charge in [0.15, 0.2) is 0 Å². The lowest BCUT2D eigenvalue weighted by Crippen LogP contribution is -2.08. The van der Waals surface area contributed by atoms with Gasteiger partial charge in [-0.25, -0.2) is 0 Å². The molecule has 252 valence electrons. The molecule has 0 fully saturated rings. The SMILES string of the molecule is [2H]c1c(-c2ccccc2-c2cccc(-c3c4c([2H])c([2H])c([2H])c([2H])c4c(-c4cccc5c4ccc4ccccc45)c4c([2H])c([2H])c([2H])c([2H])c34)c2)c([2H])c2c([2H])c(C(C)(C)C)oc2c1[2H]. The Hall–Kier alpha value is -6.44. The second-order valence-corrected chi connectivity index (χ2v) is 14.3. The van der Waals surface area contributed by atoms with Crippen molar-refractivity contribution in [2.45, 2.75) is 26.2 Å². The van der Waals surface area contributed by atoms with Crippen molar-refractivity contribution in [2.24, 2.45) is 0 Å². The van der Waals surface area contributed by atoms with Crippen LogP contribution in [0.15, 0.2) is 180 Å². The molecule has 10 aromatic rings. The number of fused-ring (bicyclic) bond motifs is 6. The summed E-state index contributed by atoms with van der Waals surface area (Å²) >= 11 is 0. The van der Waals surface area contributed by atoms with Crippen LogP contribution in [0, 0.1) is 0 Å². The largest absolute Gasteiger partial charge is 0.461 e. The number of hydrogen-bond acceptors (Lipinski definition) is 1. The lowest BCUT2D eigenvalue weighted by atomic mass is 9.83. The van der Waals surface area contributed by atoms with Crippen LogP contribution in [0.4, 0.5) is 0 Å². The lowest BCUT2D eigenvalue weighted by molar-refractivity contribution is 0.430. The van der Waals surface area contributed by atoms with Crippen LogP contribution in [0.25, 0.3) is 98.6 Å². The molecule has 9 aromatic carbocycles. The molecule has 1 aromatic heterocycles. The zero-order valence-electron chi connectivity index (χ0n) is 41.2. The van der Waals surface area contributed by atoms with Gasteiger partial charge in [0.1, 0.15) is 11.3 Å². The van der Waals surface area contributed by atoms with Gasteiger partial charge in [-0.1, -0.05) is 172 Å². The molecule has 0 saturated heterocycles. The Bertz CT molecular complexity index is 3650. The Morgan fingerprint density at radius 1 is 0.434 bits per heavy atom. The van der Waals surface area contributed by atoms with E-state index in [4.69, 9.17) is 12.6 Å². The summed E-state index contributed by atoms with van der Waals surface area (Å²) in [6.07, 6.45) is 0. The van der Waals surface area contributed by atoms with Gasteiger partial charge in [0.25, 0.3) is 0 Å². The maximum absolute atomic E-state index is 9.53. The van der Waals surface area contributed by atoms with E-state index < -0.39 is 29.6 Å². The predicted molar refractivity (Wildman–Crippen MR) is 227 cm³/mol. The van der Waals surface area contributed by atoms with E-state index >= 15 is 0 Å². The molecule has 53 heavy (non-hydrogen) atoms. The van der Waals surface area contributed by atoms with E-state index in [-0.39, 0.29) is 97.5 Å². The first-order valence-electron chi connectivity index (χ1n) is 23.5. The van der Waals surface area contributed by atoms with Crippen LogP contribution in [0.2, 0.25) is 0 Å². The fourth-order valence-corrected chi connectivity index (χ4v) is 7.51. The summed E-state index contributed by atoms with van der Waals surface area (Å²) in [5, 5.41) is 4.04.